The molecule has 1 atom stereocenters. The molecule has 2 heterocycles. The fourth-order valence-electron chi connectivity index (χ4n) is 1.76. The Bertz CT molecular complexity index is 552. The number of aromatic nitrogens is 3. The topological polar surface area (TPSA) is 71.2 Å². The van der Waals surface area contributed by atoms with E-state index in [9.17, 15) is 9.90 Å². The molecule has 20 heavy (non-hydrogen) atoms. The third kappa shape index (κ3) is 3.64. The Morgan fingerprint density at radius 2 is 2.40 bits per heavy atom. The number of aliphatic hydroxyl groups is 1. The standard InChI is InChI=1S/C13H18N4O2S/c1-3-12(18)11-7-17(15-14-11)8-13(19)16(2)6-10-4-5-20-9-10/h4-5,7,9,12,18H,3,6,8H2,1-2H3. The molecule has 2 aromatic rings. The first kappa shape index (κ1) is 14.7. The minimum Gasteiger partial charge on any atom is -0.387 e. The highest BCUT2D eigenvalue weighted by molar-refractivity contribution is 7.07. The molecule has 6 nitrogen and oxygen atoms in total. The number of likely N-dealkylation sites (N-methyl/N-ethyl adjacent to an activating group) is 1. The van der Waals surface area contributed by atoms with Crippen molar-refractivity contribution in [3.8, 4) is 0 Å². The van der Waals surface area contributed by atoms with Crippen LogP contribution in [0, 0.1) is 0 Å². The molecule has 0 aromatic carbocycles. The second-order valence-electron chi connectivity index (χ2n) is 4.65. The third-order valence-electron chi connectivity index (χ3n) is 3.01. The van der Waals surface area contributed by atoms with Crippen LogP contribution in [0.1, 0.15) is 30.7 Å². The van der Waals surface area contributed by atoms with E-state index in [1.807, 2.05) is 23.8 Å². The Hall–Kier alpha value is -1.73. The number of hydrogen-bond acceptors (Lipinski definition) is 5. The molecule has 7 heteroatoms. The Morgan fingerprint density at radius 1 is 1.60 bits per heavy atom. The maximum absolute atomic E-state index is 12.1. The summed E-state index contributed by atoms with van der Waals surface area (Å²) in [6.45, 7) is 2.58. The zero-order valence-corrected chi connectivity index (χ0v) is 12.4. The maximum Gasteiger partial charge on any atom is 0.244 e. The summed E-state index contributed by atoms with van der Waals surface area (Å²) < 4.78 is 1.46. The summed E-state index contributed by atoms with van der Waals surface area (Å²) in [6, 6.07) is 2.00. The zero-order chi connectivity index (χ0) is 14.5. The first-order valence-electron chi connectivity index (χ1n) is 6.43. The van der Waals surface area contributed by atoms with Crippen molar-refractivity contribution in [1.82, 2.24) is 19.9 Å². The van der Waals surface area contributed by atoms with Crippen LogP contribution in [0.2, 0.25) is 0 Å². The molecule has 0 saturated carbocycles. The normalized spacial score (nSPS) is 12.3. The number of amides is 1. The molecule has 0 bridgehead atoms. The van der Waals surface area contributed by atoms with Crippen molar-refractivity contribution >= 4 is 17.2 Å². The molecule has 0 fully saturated rings. The lowest BCUT2D eigenvalue weighted by molar-refractivity contribution is -0.131. The number of rotatable bonds is 6. The van der Waals surface area contributed by atoms with Crippen LogP contribution >= 0.6 is 11.3 Å². The Balaban J connectivity index is 1.92. The minimum absolute atomic E-state index is 0.0429. The van der Waals surface area contributed by atoms with Crippen molar-refractivity contribution in [1.29, 1.82) is 0 Å². The molecule has 108 valence electrons. The van der Waals surface area contributed by atoms with Crippen molar-refractivity contribution in [3.05, 3.63) is 34.3 Å². The SMILES string of the molecule is CCC(O)c1cn(CC(=O)N(C)Cc2ccsc2)nn1. The molecule has 2 aromatic heterocycles. The molecule has 1 amide bonds. The highest BCUT2D eigenvalue weighted by atomic mass is 32.1. The second kappa shape index (κ2) is 6.62. The van der Waals surface area contributed by atoms with Gasteiger partial charge in [0.1, 0.15) is 12.2 Å². The maximum atomic E-state index is 12.1. The van der Waals surface area contributed by atoms with Gasteiger partial charge < -0.3 is 10.0 Å². The van der Waals surface area contributed by atoms with Crippen molar-refractivity contribution in [2.45, 2.75) is 32.5 Å². The van der Waals surface area contributed by atoms with Crippen molar-refractivity contribution < 1.29 is 9.90 Å². The zero-order valence-electron chi connectivity index (χ0n) is 11.6. The van der Waals surface area contributed by atoms with Gasteiger partial charge in [0.25, 0.3) is 0 Å². The van der Waals surface area contributed by atoms with Gasteiger partial charge in [-0.1, -0.05) is 12.1 Å². The van der Waals surface area contributed by atoms with E-state index in [0.717, 1.165) is 5.56 Å². The number of thiophene rings is 1. The average Bonchev–Trinajstić information content (AvgIpc) is 3.09. The summed E-state index contributed by atoms with van der Waals surface area (Å²) in [5.74, 6) is -0.0429. The first-order chi connectivity index (χ1) is 9.60. The molecule has 0 aliphatic rings. The van der Waals surface area contributed by atoms with Crippen LogP contribution in [0.25, 0.3) is 0 Å². The number of carbonyl (C=O) groups excluding carboxylic acids is 1. The number of hydrogen-bond donors (Lipinski definition) is 1. The molecule has 0 saturated heterocycles. The van der Waals surface area contributed by atoms with Crippen LogP contribution in [0.15, 0.2) is 23.0 Å². The van der Waals surface area contributed by atoms with Gasteiger partial charge in [0.2, 0.25) is 5.91 Å². The molecular weight excluding hydrogens is 276 g/mol. The van der Waals surface area contributed by atoms with Crippen molar-refractivity contribution in [2.75, 3.05) is 7.05 Å². The van der Waals surface area contributed by atoms with Crippen LogP contribution in [0.3, 0.4) is 0 Å². The monoisotopic (exact) mass is 294 g/mol. The van der Waals surface area contributed by atoms with E-state index in [1.54, 1.807) is 29.5 Å². The van der Waals surface area contributed by atoms with E-state index >= 15 is 0 Å². The summed E-state index contributed by atoms with van der Waals surface area (Å²) in [5, 5.41) is 21.4. The van der Waals surface area contributed by atoms with Gasteiger partial charge in [0.15, 0.2) is 0 Å². The summed E-state index contributed by atoms with van der Waals surface area (Å²) >= 11 is 1.61. The van der Waals surface area contributed by atoms with E-state index in [2.05, 4.69) is 10.3 Å². The minimum atomic E-state index is -0.623. The van der Waals surface area contributed by atoms with Crippen molar-refractivity contribution in [3.63, 3.8) is 0 Å². The predicted octanol–water partition coefficient (Wildman–Crippen LogP) is 1.44. The summed E-state index contributed by atoms with van der Waals surface area (Å²) in [7, 11) is 1.76. The van der Waals surface area contributed by atoms with Gasteiger partial charge >= 0.3 is 0 Å². The van der Waals surface area contributed by atoms with Crippen LogP contribution in [-0.4, -0.2) is 38.0 Å². The van der Waals surface area contributed by atoms with E-state index in [4.69, 9.17) is 0 Å². The number of aliphatic hydroxyl groups excluding tert-OH is 1. The van der Waals surface area contributed by atoms with E-state index in [0.29, 0.717) is 18.7 Å². The lowest BCUT2D eigenvalue weighted by atomic mass is 10.2. The second-order valence-corrected chi connectivity index (χ2v) is 5.43. The predicted molar refractivity (Wildman–Crippen MR) is 76.1 cm³/mol. The number of nitrogens with zero attached hydrogens (tertiary/aromatic N) is 4. The van der Waals surface area contributed by atoms with Gasteiger partial charge in [0, 0.05) is 13.6 Å². The average molecular weight is 294 g/mol. The smallest absolute Gasteiger partial charge is 0.244 e. The van der Waals surface area contributed by atoms with Gasteiger partial charge in [-0.15, -0.1) is 5.10 Å². The van der Waals surface area contributed by atoms with Gasteiger partial charge in [-0.3, -0.25) is 4.79 Å². The van der Waals surface area contributed by atoms with Gasteiger partial charge in [0.05, 0.1) is 12.3 Å². The summed E-state index contributed by atoms with van der Waals surface area (Å²) in [4.78, 5) is 13.7. The molecule has 0 aliphatic heterocycles. The van der Waals surface area contributed by atoms with E-state index in [-0.39, 0.29) is 12.5 Å². The molecule has 0 aliphatic carbocycles. The largest absolute Gasteiger partial charge is 0.387 e. The lowest BCUT2D eigenvalue weighted by Gasteiger charge is -2.16. The third-order valence-corrected chi connectivity index (χ3v) is 3.74. The molecule has 0 spiro atoms. The quantitative estimate of drug-likeness (QED) is 0.875. The molecule has 2 rings (SSSR count). The molecule has 1 unspecified atom stereocenters. The Labute approximate surface area is 121 Å². The lowest BCUT2D eigenvalue weighted by Crippen LogP contribution is -2.29. The van der Waals surface area contributed by atoms with Gasteiger partial charge in [-0.25, -0.2) is 4.68 Å². The van der Waals surface area contributed by atoms with Gasteiger partial charge in [-0.05, 0) is 28.8 Å². The summed E-state index contributed by atoms with van der Waals surface area (Å²) in [6.07, 6.45) is 1.57. The highest BCUT2D eigenvalue weighted by Gasteiger charge is 2.14. The van der Waals surface area contributed by atoms with Crippen LogP contribution < -0.4 is 0 Å². The number of carbonyl (C=O) groups is 1. The Kier molecular flexibility index (Phi) is 4.86. The van der Waals surface area contributed by atoms with Crippen molar-refractivity contribution in [2.24, 2.45) is 0 Å². The fraction of sp³-hybridized carbons (Fsp3) is 0.462. The fourth-order valence-corrected chi connectivity index (χ4v) is 2.42. The Morgan fingerprint density at radius 3 is 3.05 bits per heavy atom. The van der Waals surface area contributed by atoms with E-state index < -0.39 is 6.10 Å². The molecule has 0 radical (unpaired) electrons. The molecule has 1 N–H and O–H groups in total. The summed E-state index contributed by atoms with van der Waals surface area (Å²) in [5.41, 5.74) is 1.62. The highest BCUT2D eigenvalue weighted by Crippen LogP contribution is 2.12. The molecular formula is C13H18N4O2S. The van der Waals surface area contributed by atoms with Crippen LogP contribution in [0.5, 0.6) is 0 Å². The van der Waals surface area contributed by atoms with Gasteiger partial charge in [-0.2, -0.15) is 11.3 Å². The van der Waals surface area contributed by atoms with Crippen LogP contribution in [0.4, 0.5) is 0 Å². The van der Waals surface area contributed by atoms with Crippen LogP contribution in [-0.2, 0) is 17.9 Å². The first-order valence-corrected chi connectivity index (χ1v) is 7.37. The van der Waals surface area contributed by atoms with E-state index in [1.165, 1.54) is 4.68 Å².